The molecule has 1 aromatic rings. The van der Waals surface area contributed by atoms with Crippen LogP contribution in [-0.4, -0.2) is 18.1 Å². The van der Waals surface area contributed by atoms with Crippen LogP contribution >= 0.6 is 11.3 Å². The minimum absolute atomic E-state index is 0.693. The highest BCUT2D eigenvalue weighted by Crippen LogP contribution is 2.38. The molecule has 3 rings (SSSR count). The molecule has 2 aliphatic rings. The third-order valence-corrected chi connectivity index (χ3v) is 5.15. The topological polar surface area (TPSA) is 24.9 Å². The summed E-state index contributed by atoms with van der Waals surface area (Å²) in [6.07, 6.45) is 6.82. The van der Waals surface area contributed by atoms with Gasteiger partial charge in [0.05, 0.1) is 10.7 Å². The third-order valence-electron chi connectivity index (χ3n) is 4.00. The third kappa shape index (κ3) is 1.91. The van der Waals surface area contributed by atoms with E-state index >= 15 is 0 Å². The van der Waals surface area contributed by atoms with Gasteiger partial charge in [0.2, 0.25) is 0 Å². The van der Waals surface area contributed by atoms with Crippen LogP contribution in [0.3, 0.4) is 0 Å². The summed E-state index contributed by atoms with van der Waals surface area (Å²) in [5, 5.41) is 4.83. The molecule has 0 aromatic carbocycles. The maximum absolute atomic E-state index is 4.95. The summed E-state index contributed by atoms with van der Waals surface area (Å²) in [5.74, 6) is 1.47. The average Bonchev–Trinajstić information content (AvgIpc) is 2.97. The van der Waals surface area contributed by atoms with Crippen LogP contribution in [0.4, 0.5) is 0 Å². The fraction of sp³-hybridized carbons (Fsp3) is 0.769. The molecule has 1 atom stereocenters. The van der Waals surface area contributed by atoms with E-state index < -0.39 is 0 Å². The van der Waals surface area contributed by atoms with Crippen LogP contribution in [-0.2, 0) is 0 Å². The Morgan fingerprint density at radius 1 is 1.19 bits per heavy atom. The lowest BCUT2D eigenvalue weighted by Gasteiger charge is -2.06. The SMILES string of the molecule is Cc1sc(C2CCNC2)nc1C1CCCC1. The first-order valence-corrected chi connectivity index (χ1v) is 7.34. The summed E-state index contributed by atoms with van der Waals surface area (Å²) in [4.78, 5) is 6.43. The molecular formula is C13H20N2S. The van der Waals surface area contributed by atoms with Crippen molar-refractivity contribution in [2.75, 3.05) is 13.1 Å². The van der Waals surface area contributed by atoms with Gasteiger partial charge in [-0.3, -0.25) is 0 Å². The molecule has 1 aliphatic carbocycles. The van der Waals surface area contributed by atoms with Crippen LogP contribution < -0.4 is 5.32 Å². The Labute approximate surface area is 101 Å². The molecule has 0 radical (unpaired) electrons. The van der Waals surface area contributed by atoms with Crippen LogP contribution in [0.2, 0.25) is 0 Å². The Balaban J connectivity index is 1.83. The van der Waals surface area contributed by atoms with Gasteiger partial charge < -0.3 is 5.32 Å². The van der Waals surface area contributed by atoms with E-state index in [0.29, 0.717) is 5.92 Å². The molecule has 1 saturated carbocycles. The standard InChI is InChI=1S/C13H20N2S/c1-9-12(10-4-2-3-5-10)15-13(16-9)11-6-7-14-8-11/h10-11,14H,2-8H2,1H3. The zero-order valence-corrected chi connectivity index (χ0v) is 10.8. The van der Waals surface area contributed by atoms with Crippen LogP contribution in [0, 0.1) is 6.92 Å². The van der Waals surface area contributed by atoms with Crippen molar-refractivity contribution in [1.29, 1.82) is 0 Å². The summed E-state index contributed by atoms with van der Waals surface area (Å²) in [7, 11) is 0. The predicted octanol–water partition coefficient (Wildman–Crippen LogP) is 3.19. The van der Waals surface area contributed by atoms with Crippen LogP contribution in [0.25, 0.3) is 0 Å². The molecule has 3 heteroatoms. The normalized spacial score (nSPS) is 26.7. The van der Waals surface area contributed by atoms with Gasteiger partial charge in [-0.15, -0.1) is 11.3 Å². The molecular weight excluding hydrogens is 216 g/mol. The van der Waals surface area contributed by atoms with Gasteiger partial charge in [0, 0.05) is 23.3 Å². The van der Waals surface area contributed by atoms with Gasteiger partial charge in [-0.05, 0) is 32.7 Å². The van der Waals surface area contributed by atoms with Crippen molar-refractivity contribution >= 4 is 11.3 Å². The Kier molecular flexibility index (Phi) is 2.99. The lowest BCUT2D eigenvalue weighted by atomic mass is 10.0. The molecule has 2 heterocycles. The molecule has 0 spiro atoms. The van der Waals surface area contributed by atoms with Crippen molar-refractivity contribution in [2.24, 2.45) is 0 Å². The second kappa shape index (κ2) is 4.46. The van der Waals surface area contributed by atoms with Gasteiger partial charge in [-0.25, -0.2) is 4.98 Å². The second-order valence-electron chi connectivity index (χ2n) is 5.16. The fourth-order valence-electron chi connectivity index (χ4n) is 3.05. The molecule has 1 aliphatic heterocycles. The number of aryl methyl sites for hydroxylation is 1. The molecule has 1 unspecified atom stereocenters. The average molecular weight is 236 g/mol. The zero-order valence-electron chi connectivity index (χ0n) is 9.96. The quantitative estimate of drug-likeness (QED) is 0.853. The highest BCUT2D eigenvalue weighted by atomic mass is 32.1. The molecule has 0 amide bonds. The molecule has 1 N–H and O–H groups in total. The predicted molar refractivity (Wildman–Crippen MR) is 68.3 cm³/mol. The maximum Gasteiger partial charge on any atom is 0.0975 e. The van der Waals surface area contributed by atoms with E-state index in [1.807, 2.05) is 11.3 Å². The number of hydrogen-bond donors (Lipinski definition) is 1. The van der Waals surface area contributed by atoms with E-state index in [-0.39, 0.29) is 0 Å². The van der Waals surface area contributed by atoms with E-state index in [4.69, 9.17) is 4.98 Å². The van der Waals surface area contributed by atoms with Crippen molar-refractivity contribution in [3.05, 3.63) is 15.6 Å². The minimum atomic E-state index is 0.693. The Bertz CT molecular complexity index is 360. The molecule has 2 fully saturated rings. The molecule has 1 saturated heterocycles. The van der Waals surface area contributed by atoms with E-state index in [0.717, 1.165) is 12.5 Å². The van der Waals surface area contributed by atoms with E-state index in [1.165, 1.54) is 54.2 Å². The van der Waals surface area contributed by atoms with Crippen LogP contribution in [0.5, 0.6) is 0 Å². The highest BCUT2D eigenvalue weighted by molar-refractivity contribution is 7.11. The summed E-state index contributed by atoms with van der Waals surface area (Å²) in [6.45, 7) is 4.57. The number of aromatic nitrogens is 1. The summed E-state index contributed by atoms with van der Waals surface area (Å²) >= 11 is 1.95. The van der Waals surface area contributed by atoms with Gasteiger partial charge in [-0.2, -0.15) is 0 Å². The molecule has 16 heavy (non-hydrogen) atoms. The first-order valence-electron chi connectivity index (χ1n) is 6.52. The Morgan fingerprint density at radius 3 is 2.69 bits per heavy atom. The van der Waals surface area contributed by atoms with Crippen molar-refractivity contribution in [3.63, 3.8) is 0 Å². The van der Waals surface area contributed by atoms with Crippen molar-refractivity contribution in [2.45, 2.75) is 50.9 Å². The van der Waals surface area contributed by atoms with E-state index in [2.05, 4.69) is 12.2 Å². The van der Waals surface area contributed by atoms with Crippen molar-refractivity contribution in [1.82, 2.24) is 10.3 Å². The zero-order chi connectivity index (χ0) is 11.0. The highest BCUT2D eigenvalue weighted by Gasteiger charge is 2.25. The molecule has 0 bridgehead atoms. The number of nitrogens with zero attached hydrogens (tertiary/aromatic N) is 1. The summed E-state index contributed by atoms with van der Waals surface area (Å²) in [5.41, 5.74) is 1.43. The number of nitrogens with one attached hydrogen (secondary N) is 1. The van der Waals surface area contributed by atoms with Gasteiger partial charge in [0.1, 0.15) is 0 Å². The largest absolute Gasteiger partial charge is 0.316 e. The summed E-state index contributed by atoms with van der Waals surface area (Å²) < 4.78 is 0. The van der Waals surface area contributed by atoms with Crippen molar-refractivity contribution < 1.29 is 0 Å². The summed E-state index contributed by atoms with van der Waals surface area (Å²) in [6, 6.07) is 0. The number of thiazole rings is 1. The molecule has 88 valence electrons. The number of rotatable bonds is 2. The lowest BCUT2D eigenvalue weighted by molar-refractivity contribution is 0.681. The minimum Gasteiger partial charge on any atom is -0.316 e. The monoisotopic (exact) mass is 236 g/mol. The van der Waals surface area contributed by atoms with Crippen molar-refractivity contribution in [3.8, 4) is 0 Å². The fourth-order valence-corrected chi connectivity index (χ4v) is 4.19. The van der Waals surface area contributed by atoms with Crippen LogP contribution in [0.1, 0.15) is 59.5 Å². The van der Waals surface area contributed by atoms with Gasteiger partial charge in [0.25, 0.3) is 0 Å². The second-order valence-corrected chi connectivity index (χ2v) is 6.40. The van der Waals surface area contributed by atoms with E-state index in [1.54, 1.807) is 0 Å². The number of hydrogen-bond acceptors (Lipinski definition) is 3. The first kappa shape index (κ1) is 10.7. The van der Waals surface area contributed by atoms with E-state index in [9.17, 15) is 0 Å². The Morgan fingerprint density at radius 2 is 2.00 bits per heavy atom. The maximum atomic E-state index is 4.95. The Hall–Kier alpha value is -0.410. The molecule has 1 aromatic heterocycles. The molecule has 2 nitrogen and oxygen atoms in total. The van der Waals surface area contributed by atoms with Crippen LogP contribution in [0.15, 0.2) is 0 Å². The van der Waals surface area contributed by atoms with Gasteiger partial charge in [0.15, 0.2) is 0 Å². The lowest BCUT2D eigenvalue weighted by Crippen LogP contribution is -2.08. The van der Waals surface area contributed by atoms with Gasteiger partial charge >= 0.3 is 0 Å². The van der Waals surface area contributed by atoms with Gasteiger partial charge in [-0.1, -0.05) is 12.8 Å². The smallest absolute Gasteiger partial charge is 0.0975 e. The first-order chi connectivity index (χ1) is 7.84.